The van der Waals surface area contributed by atoms with E-state index in [-0.39, 0.29) is 11.9 Å². The van der Waals surface area contributed by atoms with Crippen molar-refractivity contribution in [3.05, 3.63) is 54.0 Å². The van der Waals surface area contributed by atoms with Crippen LogP contribution in [0, 0.1) is 11.3 Å². The fourth-order valence-corrected chi connectivity index (χ4v) is 2.71. The number of hydrogen-bond acceptors (Lipinski definition) is 5. The number of rotatable bonds is 3. The van der Waals surface area contributed by atoms with Gasteiger partial charge in [0.25, 0.3) is 5.91 Å². The van der Waals surface area contributed by atoms with Gasteiger partial charge in [0.1, 0.15) is 11.9 Å². The molecule has 0 bridgehead atoms. The molecule has 1 unspecified atom stereocenters. The highest BCUT2D eigenvalue weighted by molar-refractivity contribution is 5.94. The molecule has 6 nitrogen and oxygen atoms in total. The first-order valence-electron chi connectivity index (χ1n) is 7.58. The van der Waals surface area contributed by atoms with Crippen molar-refractivity contribution in [2.75, 3.05) is 18.0 Å². The van der Waals surface area contributed by atoms with Crippen molar-refractivity contribution in [2.45, 2.75) is 18.9 Å². The van der Waals surface area contributed by atoms with E-state index in [1.807, 2.05) is 6.07 Å². The molecule has 3 heterocycles. The van der Waals surface area contributed by atoms with Gasteiger partial charge in [0.2, 0.25) is 0 Å². The van der Waals surface area contributed by atoms with Gasteiger partial charge in [-0.15, -0.1) is 0 Å². The standard InChI is InChI=1S/C17H17N5O/c18-9-13-5-6-16(20-10-13)22-8-2-4-15(12-22)21-17(23)14-3-1-7-19-11-14/h1,3,5-7,10-11,15H,2,4,8,12H2,(H,21,23). The first-order valence-corrected chi connectivity index (χ1v) is 7.58. The first-order chi connectivity index (χ1) is 11.3. The molecular weight excluding hydrogens is 290 g/mol. The van der Waals surface area contributed by atoms with E-state index >= 15 is 0 Å². The summed E-state index contributed by atoms with van der Waals surface area (Å²) in [5.41, 5.74) is 1.12. The van der Waals surface area contributed by atoms with Crippen LogP contribution >= 0.6 is 0 Å². The van der Waals surface area contributed by atoms with Crippen LogP contribution < -0.4 is 10.2 Å². The third-order valence-electron chi connectivity index (χ3n) is 3.88. The number of piperidine rings is 1. The molecule has 0 aromatic carbocycles. The minimum absolute atomic E-state index is 0.0777. The molecule has 1 aliphatic rings. The quantitative estimate of drug-likeness (QED) is 0.934. The molecule has 6 heteroatoms. The summed E-state index contributed by atoms with van der Waals surface area (Å²) in [5.74, 6) is 0.738. The van der Waals surface area contributed by atoms with Gasteiger partial charge in [0, 0.05) is 37.7 Å². The second-order valence-corrected chi connectivity index (χ2v) is 5.52. The maximum absolute atomic E-state index is 12.2. The molecule has 2 aromatic rings. The van der Waals surface area contributed by atoms with Gasteiger partial charge in [0.05, 0.1) is 11.1 Å². The summed E-state index contributed by atoms with van der Waals surface area (Å²) in [6, 6.07) is 9.27. The van der Waals surface area contributed by atoms with Crippen molar-refractivity contribution < 1.29 is 4.79 Å². The van der Waals surface area contributed by atoms with Crippen molar-refractivity contribution in [3.63, 3.8) is 0 Å². The zero-order chi connectivity index (χ0) is 16.1. The summed E-state index contributed by atoms with van der Waals surface area (Å²) >= 11 is 0. The maximum atomic E-state index is 12.2. The highest BCUT2D eigenvalue weighted by Gasteiger charge is 2.22. The predicted molar refractivity (Wildman–Crippen MR) is 85.9 cm³/mol. The third kappa shape index (κ3) is 3.64. The molecular formula is C17H17N5O. The second-order valence-electron chi connectivity index (χ2n) is 5.52. The molecule has 1 amide bonds. The third-order valence-corrected chi connectivity index (χ3v) is 3.88. The number of amides is 1. The Bertz CT molecular complexity index is 708. The SMILES string of the molecule is N#Cc1ccc(N2CCCC(NC(=O)c3cccnc3)C2)nc1. The smallest absolute Gasteiger partial charge is 0.253 e. The van der Waals surface area contributed by atoms with Crippen molar-refractivity contribution in [2.24, 2.45) is 0 Å². The molecule has 0 aliphatic carbocycles. The van der Waals surface area contributed by atoms with E-state index in [0.717, 1.165) is 25.2 Å². The fourth-order valence-electron chi connectivity index (χ4n) is 2.71. The number of anilines is 1. The van der Waals surface area contributed by atoms with Crippen LogP contribution in [0.15, 0.2) is 42.9 Å². The van der Waals surface area contributed by atoms with Crippen LogP contribution in [0.25, 0.3) is 0 Å². The molecule has 1 saturated heterocycles. The molecule has 2 aromatic heterocycles. The Labute approximate surface area is 134 Å². The van der Waals surface area contributed by atoms with Crippen molar-refractivity contribution >= 4 is 11.7 Å². The zero-order valence-corrected chi connectivity index (χ0v) is 12.6. The highest BCUT2D eigenvalue weighted by atomic mass is 16.1. The summed E-state index contributed by atoms with van der Waals surface area (Å²) in [7, 11) is 0. The monoisotopic (exact) mass is 307 g/mol. The number of nitrogens with zero attached hydrogens (tertiary/aromatic N) is 4. The largest absolute Gasteiger partial charge is 0.355 e. The lowest BCUT2D eigenvalue weighted by Gasteiger charge is -2.34. The summed E-state index contributed by atoms with van der Waals surface area (Å²) in [6.07, 6.45) is 6.72. The molecule has 0 spiro atoms. The maximum Gasteiger partial charge on any atom is 0.253 e. The molecule has 1 fully saturated rings. The lowest BCUT2D eigenvalue weighted by atomic mass is 10.1. The lowest BCUT2D eigenvalue weighted by molar-refractivity contribution is 0.0932. The lowest BCUT2D eigenvalue weighted by Crippen LogP contribution is -2.48. The van der Waals surface area contributed by atoms with E-state index < -0.39 is 0 Å². The molecule has 1 atom stereocenters. The number of carbonyl (C=O) groups is 1. The second kappa shape index (κ2) is 6.88. The number of nitriles is 1. The van der Waals surface area contributed by atoms with Gasteiger partial charge in [-0.05, 0) is 37.1 Å². The van der Waals surface area contributed by atoms with Gasteiger partial charge in [-0.1, -0.05) is 0 Å². The molecule has 1 aliphatic heterocycles. The minimum Gasteiger partial charge on any atom is -0.355 e. The number of aromatic nitrogens is 2. The van der Waals surface area contributed by atoms with Crippen LogP contribution in [0.5, 0.6) is 0 Å². The molecule has 116 valence electrons. The fraction of sp³-hybridized carbons (Fsp3) is 0.294. The summed E-state index contributed by atoms with van der Waals surface area (Å²) in [5, 5.41) is 11.9. The van der Waals surface area contributed by atoms with Gasteiger partial charge in [-0.3, -0.25) is 9.78 Å². The average molecular weight is 307 g/mol. The van der Waals surface area contributed by atoms with Gasteiger partial charge in [0.15, 0.2) is 0 Å². The van der Waals surface area contributed by atoms with E-state index in [0.29, 0.717) is 17.7 Å². The van der Waals surface area contributed by atoms with E-state index in [9.17, 15) is 4.79 Å². The summed E-state index contributed by atoms with van der Waals surface area (Å²) in [4.78, 5) is 22.7. The van der Waals surface area contributed by atoms with Crippen molar-refractivity contribution in [3.8, 4) is 6.07 Å². The Morgan fingerprint density at radius 3 is 2.96 bits per heavy atom. The van der Waals surface area contributed by atoms with E-state index in [1.165, 1.54) is 0 Å². The summed E-state index contributed by atoms with van der Waals surface area (Å²) < 4.78 is 0. The Hall–Kier alpha value is -2.94. The zero-order valence-electron chi connectivity index (χ0n) is 12.6. The van der Waals surface area contributed by atoms with E-state index in [1.54, 1.807) is 36.8 Å². The molecule has 1 N–H and O–H groups in total. The van der Waals surface area contributed by atoms with E-state index in [4.69, 9.17) is 5.26 Å². The summed E-state index contributed by atoms with van der Waals surface area (Å²) in [6.45, 7) is 1.61. The van der Waals surface area contributed by atoms with Gasteiger partial charge >= 0.3 is 0 Å². The number of hydrogen-bond donors (Lipinski definition) is 1. The number of pyridine rings is 2. The van der Waals surface area contributed by atoms with Crippen molar-refractivity contribution in [1.82, 2.24) is 15.3 Å². The Morgan fingerprint density at radius 1 is 1.35 bits per heavy atom. The Balaban J connectivity index is 1.64. The van der Waals surface area contributed by atoms with Crippen LogP contribution in [0.2, 0.25) is 0 Å². The Kier molecular flexibility index (Phi) is 4.48. The van der Waals surface area contributed by atoms with Crippen LogP contribution in [0.3, 0.4) is 0 Å². The normalized spacial score (nSPS) is 17.3. The highest BCUT2D eigenvalue weighted by Crippen LogP contribution is 2.18. The van der Waals surface area contributed by atoms with Crippen LogP contribution in [0.4, 0.5) is 5.82 Å². The van der Waals surface area contributed by atoms with Crippen LogP contribution in [-0.2, 0) is 0 Å². The molecule has 3 rings (SSSR count). The molecule has 0 radical (unpaired) electrons. The Morgan fingerprint density at radius 2 is 2.26 bits per heavy atom. The molecule has 0 saturated carbocycles. The first kappa shape index (κ1) is 15.0. The van der Waals surface area contributed by atoms with Crippen molar-refractivity contribution in [1.29, 1.82) is 5.26 Å². The number of carbonyl (C=O) groups excluding carboxylic acids is 1. The number of nitrogens with one attached hydrogen (secondary N) is 1. The molecule has 23 heavy (non-hydrogen) atoms. The topological polar surface area (TPSA) is 81.9 Å². The van der Waals surface area contributed by atoms with Gasteiger partial charge in [-0.2, -0.15) is 5.26 Å². The van der Waals surface area contributed by atoms with Gasteiger partial charge in [-0.25, -0.2) is 4.98 Å². The van der Waals surface area contributed by atoms with Crippen LogP contribution in [-0.4, -0.2) is 35.0 Å². The average Bonchev–Trinajstić information content (AvgIpc) is 2.63. The van der Waals surface area contributed by atoms with Crippen LogP contribution in [0.1, 0.15) is 28.8 Å². The van der Waals surface area contributed by atoms with E-state index in [2.05, 4.69) is 26.3 Å². The van der Waals surface area contributed by atoms with Gasteiger partial charge < -0.3 is 10.2 Å². The predicted octanol–water partition coefficient (Wildman–Crippen LogP) is 1.75. The minimum atomic E-state index is -0.0993.